The fourth-order valence-corrected chi connectivity index (χ4v) is 3.88. The zero-order valence-electron chi connectivity index (χ0n) is 17.3. The Morgan fingerprint density at radius 3 is 2.44 bits per heavy atom. The van der Waals surface area contributed by atoms with Crippen LogP contribution in [0.3, 0.4) is 0 Å². The molecule has 7 heteroatoms. The van der Waals surface area contributed by atoms with Crippen molar-refractivity contribution in [2.45, 2.75) is 19.6 Å². The summed E-state index contributed by atoms with van der Waals surface area (Å²) in [6, 6.07) is 22.1. The van der Waals surface area contributed by atoms with E-state index in [2.05, 4.69) is 5.32 Å². The summed E-state index contributed by atoms with van der Waals surface area (Å²) in [6.45, 7) is 1.11. The maximum absolute atomic E-state index is 12.6. The number of ether oxygens (including phenoxy) is 1. The molecule has 1 aliphatic heterocycles. The second-order valence-electron chi connectivity index (χ2n) is 7.62. The summed E-state index contributed by atoms with van der Waals surface area (Å²) in [5.41, 5.74) is 2.60. The van der Waals surface area contributed by atoms with Gasteiger partial charge in [-0.05, 0) is 48.0 Å². The predicted molar refractivity (Wildman–Crippen MR) is 126 cm³/mol. The third kappa shape index (κ3) is 5.42. The Morgan fingerprint density at radius 2 is 1.72 bits per heavy atom. The Balaban J connectivity index is 1.31. The molecule has 1 unspecified atom stereocenters. The van der Waals surface area contributed by atoms with Gasteiger partial charge in [-0.3, -0.25) is 9.59 Å². The standard InChI is InChI=1S/C25H22Cl2N2O3/c26-20-7-5-17(6-8-20)14-28-25(31)19-13-24(30)29(15-19)21-9-11-22(12-10-21)32-16-18-3-1-2-4-23(18)27/h1-12,19H,13-16H2,(H,28,31). The molecule has 1 N–H and O–H groups in total. The van der Waals surface area contributed by atoms with Crippen molar-refractivity contribution in [2.75, 3.05) is 11.4 Å². The van der Waals surface area contributed by atoms with E-state index in [0.717, 1.165) is 16.8 Å². The van der Waals surface area contributed by atoms with Gasteiger partial charge in [-0.2, -0.15) is 0 Å². The molecule has 1 fully saturated rings. The van der Waals surface area contributed by atoms with Crippen molar-refractivity contribution in [3.8, 4) is 5.75 Å². The smallest absolute Gasteiger partial charge is 0.227 e. The Hall–Kier alpha value is -3.02. The molecule has 4 rings (SSSR count). The average Bonchev–Trinajstić information content (AvgIpc) is 3.20. The normalized spacial score (nSPS) is 15.6. The molecule has 0 spiro atoms. The van der Waals surface area contributed by atoms with Crippen molar-refractivity contribution < 1.29 is 14.3 Å². The maximum Gasteiger partial charge on any atom is 0.227 e. The molecule has 0 bridgehead atoms. The van der Waals surface area contributed by atoms with Gasteiger partial charge < -0.3 is 15.0 Å². The van der Waals surface area contributed by atoms with E-state index in [4.69, 9.17) is 27.9 Å². The van der Waals surface area contributed by atoms with Gasteiger partial charge >= 0.3 is 0 Å². The van der Waals surface area contributed by atoms with E-state index in [1.54, 1.807) is 17.0 Å². The van der Waals surface area contributed by atoms with Crippen LogP contribution in [0.15, 0.2) is 72.8 Å². The second-order valence-corrected chi connectivity index (χ2v) is 8.47. The minimum absolute atomic E-state index is 0.0682. The van der Waals surface area contributed by atoms with Crippen molar-refractivity contribution in [3.63, 3.8) is 0 Å². The first-order chi connectivity index (χ1) is 15.5. The number of benzene rings is 3. The minimum atomic E-state index is -0.383. The molecule has 3 aromatic carbocycles. The van der Waals surface area contributed by atoms with Gasteiger partial charge in [0.25, 0.3) is 0 Å². The molecule has 164 valence electrons. The quantitative estimate of drug-likeness (QED) is 0.515. The monoisotopic (exact) mass is 468 g/mol. The summed E-state index contributed by atoms with van der Waals surface area (Å²) in [6.07, 6.45) is 0.192. The second kappa shape index (κ2) is 10.1. The van der Waals surface area contributed by atoms with E-state index in [0.29, 0.717) is 35.5 Å². The summed E-state index contributed by atoms with van der Waals surface area (Å²) in [5.74, 6) is 0.0976. The van der Waals surface area contributed by atoms with E-state index >= 15 is 0 Å². The Bertz CT molecular complexity index is 1100. The molecule has 0 aromatic heterocycles. The zero-order valence-corrected chi connectivity index (χ0v) is 18.8. The molecule has 0 aliphatic carbocycles. The van der Waals surface area contributed by atoms with Crippen LogP contribution in [0.25, 0.3) is 0 Å². The number of rotatable bonds is 7. The van der Waals surface area contributed by atoms with Crippen molar-refractivity contribution in [2.24, 2.45) is 5.92 Å². The number of amides is 2. The van der Waals surface area contributed by atoms with E-state index in [1.807, 2.05) is 60.7 Å². The Morgan fingerprint density at radius 1 is 1.00 bits per heavy atom. The van der Waals surface area contributed by atoms with Gasteiger partial charge in [0.2, 0.25) is 11.8 Å². The highest BCUT2D eigenvalue weighted by molar-refractivity contribution is 6.31. The van der Waals surface area contributed by atoms with Gasteiger partial charge in [0.15, 0.2) is 0 Å². The van der Waals surface area contributed by atoms with Gasteiger partial charge in [-0.25, -0.2) is 0 Å². The van der Waals surface area contributed by atoms with E-state index in [-0.39, 0.29) is 24.2 Å². The lowest BCUT2D eigenvalue weighted by atomic mass is 10.1. The Kier molecular flexibility index (Phi) is 6.98. The minimum Gasteiger partial charge on any atom is -0.489 e. The lowest BCUT2D eigenvalue weighted by molar-refractivity contribution is -0.126. The molecule has 0 saturated carbocycles. The summed E-state index contributed by atoms with van der Waals surface area (Å²) < 4.78 is 5.80. The first-order valence-electron chi connectivity index (χ1n) is 10.3. The van der Waals surface area contributed by atoms with E-state index in [1.165, 1.54) is 0 Å². The van der Waals surface area contributed by atoms with Gasteiger partial charge in [0.05, 0.1) is 5.92 Å². The molecule has 32 heavy (non-hydrogen) atoms. The number of halogens is 2. The van der Waals surface area contributed by atoms with Crippen molar-refractivity contribution in [1.29, 1.82) is 0 Å². The highest BCUT2D eigenvalue weighted by Gasteiger charge is 2.35. The Labute approximate surface area is 196 Å². The van der Waals surface area contributed by atoms with Crippen LogP contribution in [0, 0.1) is 5.92 Å². The molecule has 2 amide bonds. The van der Waals surface area contributed by atoms with Crippen LogP contribution in [0.2, 0.25) is 10.0 Å². The van der Waals surface area contributed by atoms with Crippen LogP contribution >= 0.6 is 23.2 Å². The van der Waals surface area contributed by atoms with Gasteiger partial charge in [0, 0.05) is 40.8 Å². The number of hydrogen-bond donors (Lipinski definition) is 1. The van der Waals surface area contributed by atoms with Gasteiger partial charge in [-0.15, -0.1) is 0 Å². The third-order valence-electron chi connectivity index (χ3n) is 5.38. The maximum atomic E-state index is 12.6. The fraction of sp³-hybridized carbons (Fsp3) is 0.200. The number of carbonyl (C=O) groups is 2. The van der Waals surface area contributed by atoms with E-state index < -0.39 is 0 Å². The number of nitrogens with one attached hydrogen (secondary N) is 1. The third-order valence-corrected chi connectivity index (χ3v) is 6.00. The first kappa shape index (κ1) is 22.2. The lowest BCUT2D eigenvalue weighted by Crippen LogP contribution is -2.32. The van der Waals surface area contributed by atoms with Crippen LogP contribution in [0.4, 0.5) is 5.69 Å². The topological polar surface area (TPSA) is 58.6 Å². The van der Waals surface area contributed by atoms with Crippen molar-refractivity contribution in [1.82, 2.24) is 5.32 Å². The molecule has 5 nitrogen and oxygen atoms in total. The summed E-state index contributed by atoms with van der Waals surface area (Å²) >= 11 is 12.0. The number of nitrogens with zero attached hydrogens (tertiary/aromatic N) is 1. The zero-order chi connectivity index (χ0) is 22.5. The van der Waals surface area contributed by atoms with Gasteiger partial charge in [0.1, 0.15) is 12.4 Å². The average molecular weight is 469 g/mol. The summed E-state index contributed by atoms with van der Waals surface area (Å²) in [4.78, 5) is 26.7. The largest absolute Gasteiger partial charge is 0.489 e. The van der Waals surface area contributed by atoms with Gasteiger partial charge in [-0.1, -0.05) is 53.5 Å². The highest BCUT2D eigenvalue weighted by atomic mass is 35.5. The van der Waals surface area contributed by atoms with Crippen LogP contribution < -0.4 is 15.0 Å². The number of hydrogen-bond acceptors (Lipinski definition) is 3. The molecule has 1 saturated heterocycles. The molecular formula is C25H22Cl2N2O3. The first-order valence-corrected chi connectivity index (χ1v) is 11.0. The summed E-state index contributed by atoms with van der Waals surface area (Å²) in [7, 11) is 0. The van der Waals surface area contributed by atoms with E-state index in [9.17, 15) is 9.59 Å². The van der Waals surface area contributed by atoms with Crippen molar-refractivity contribution in [3.05, 3.63) is 94.0 Å². The van der Waals surface area contributed by atoms with Crippen molar-refractivity contribution >= 4 is 40.7 Å². The lowest BCUT2D eigenvalue weighted by Gasteiger charge is -2.17. The SMILES string of the molecule is O=C(NCc1ccc(Cl)cc1)C1CC(=O)N(c2ccc(OCc3ccccc3Cl)cc2)C1. The van der Waals surface area contributed by atoms with Crippen LogP contribution in [0.5, 0.6) is 5.75 Å². The van der Waals surface area contributed by atoms with Crippen LogP contribution in [-0.4, -0.2) is 18.4 Å². The summed E-state index contributed by atoms with van der Waals surface area (Å²) in [5, 5.41) is 4.22. The molecule has 3 aromatic rings. The molecule has 0 radical (unpaired) electrons. The fourth-order valence-electron chi connectivity index (χ4n) is 3.57. The number of carbonyl (C=O) groups excluding carboxylic acids is 2. The molecular weight excluding hydrogens is 447 g/mol. The highest BCUT2D eigenvalue weighted by Crippen LogP contribution is 2.27. The molecule has 1 heterocycles. The van der Waals surface area contributed by atoms with Crippen LogP contribution in [-0.2, 0) is 22.7 Å². The molecule has 1 atom stereocenters. The predicted octanol–water partition coefficient (Wildman–Crippen LogP) is 5.24. The number of anilines is 1. The molecule has 1 aliphatic rings. The van der Waals surface area contributed by atoms with Crippen LogP contribution in [0.1, 0.15) is 17.5 Å².